The van der Waals surface area contributed by atoms with E-state index >= 15 is 0 Å². The zero-order chi connectivity index (χ0) is 17.8. The van der Waals surface area contributed by atoms with Crippen LogP contribution in [0.5, 0.6) is 0 Å². The summed E-state index contributed by atoms with van der Waals surface area (Å²) in [5.74, 6) is 0.491. The number of rotatable bonds is 5. The van der Waals surface area contributed by atoms with Crippen LogP contribution in [0.4, 0.5) is 11.5 Å². The van der Waals surface area contributed by atoms with Gasteiger partial charge in [0.25, 0.3) is 0 Å². The van der Waals surface area contributed by atoms with E-state index in [1.54, 1.807) is 17.4 Å². The molecule has 1 amide bonds. The van der Waals surface area contributed by atoms with Crippen molar-refractivity contribution in [2.24, 2.45) is 0 Å². The number of carbonyl (C=O) groups is 1. The molecule has 6 nitrogen and oxygen atoms in total. The molecule has 128 valence electrons. The molecule has 2 heterocycles. The van der Waals surface area contributed by atoms with Crippen molar-refractivity contribution < 1.29 is 4.79 Å². The maximum atomic E-state index is 12.2. The van der Waals surface area contributed by atoms with Crippen molar-refractivity contribution in [2.75, 3.05) is 16.8 Å². The Kier molecular flexibility index (Phi) is 5.30. The van der Waals surface area contributed by atoms with Gasteiger partial charge in [0.2, 0.25) is 5.91 Å². The number of benzene rings is 1. The van der Waals surface area contributed by atoms with Gasteiger partial charge in [0.05, 0.1) is 16.5 Å². The van der Waals surface area contributed by atoms with Crippen molar-refractivity contribution >= 4 is 40.5 Å². The van der Waals surface area contributed by atoms with Crippen LogP contribution in [0, 0.1) is 13.8 Å². The van der Waals surface area contributed by atoms with Crippen LogP contribution in [0.1, 0.15) is 10.7 Å². The number of aromatic nitrogens is 3. The molecule has 0 fully saturated rings. The van der Waals surface area contributed by atoms with Crippen LogP contribution in [0.25, 0.3) is 11.3 Å². The molecular formula is C17H17N5OS2. The molecule has 1 aromatic carbocycles. The Morgan fingerprint density at radius 1 is 1.24 bits per heavy atom. The third kappa shape index (κ3) is 4.77. The molecule has 25 heavy (non-hydrogen) atoms. The number of thioether (sulfide) groups is 1. The summed E-state index contributed by atoms with van der Waals surface area (Å²) >= 11 is 2.86. The normalized spacial score (nSPS) is 10.6. The Labute approximate surface area is 153 Å². The van der Waals surface area contributed by atoms with Crippen molar-refractivity contribution in [2.45, 2.75) is 19.0 Å². The topological polar surface area (TPSA) is 93.8 Å². The average Bonchev–Trinajstić information content (AvgIpc) is 2.99. The van der Waals surface area contributed by atoms with E-state index in [2.05, 4.69) is 20.3 Å². The fraction of sp³-hybridized carbons (Fsp3) is 0.176. The Bertz CT molecular complexity index is 889. The van der Waals surface area contributed by atoms with E-state index in [4.69, 9.17) is 5.73 Å². The molecule has 0 saturated heterocycles. The number of hydrogen-bond donors (Lipinski definition) is 2. The Morgan fingerprint density at radius 2 is 2.08 bits per heavy atom. The first-order valence-corrected chi connectivity index (χ1v) is 9.42. The van der Waals surface area contributed by atoms with E-state index in [1.165, 1.54) is 11.8 Å². The molecule has 3 N–H and O–H groups in total. The van der Waals surface area contributed by atoms with E-state index in [1.807, 2.05) is 43.5 Å². The van der Waals surface area contributed by atoms with Gasteiger partial charge in [0.15, 0.2) is 5.16 Å². The van der Waals surface area contributed by atoms with Crippen LogP contribution in [-0.4, -0.2) is 26.6 Å². The monoisotopic (exact) mass is 371 g/mol. The zero-order valence-corrected chi connectivity index (χ0v) is 15.4. The molecular weight excluding hydrogens is 354 g/mol. The number of aryl methyl sites for hydroxylation is 2. The van der Waals surface area contributed by atoms with Gasteiger partial charge in [-0.05, 0) is 26.0 Å². The van der Waals surface area contributed by atoms with E-state index in [0.29, 0.717) is 11.0 Å². The van der Waals surface area contributed by atoms with Crippen LogP contribution in [-0.2, 0) is 4.79 Å². The van der Waals surface area contributed by atoms with Crippen molar-refractivity contribution in [1.29, 1.82) is 0 Å². The molecule has 0 aliphatic carbocycles. The quantitative estimate of drug-likeness (QED) is 0.526. The summed E-state index contributed by atoms with van der Waals surface area (Å²) < 4.78 is 0. The maximum absolute atomic E-state index is 12.2. The lowest BCUT2D eigenvalue weighted by Crippen LogP contribution is -2.14. The molecule has 2 aromatic heterocycles. The van der Waals surface area contributed by atoms with Gasteiger partial charge in [-0.1, -0.05) is 23.9 Å². The van der Waals surface area contributed by atoms with Gasteiger partial charge in [0.1, 0.15) is 5.82 Å². The Balaban J connectivity index is 1.63. The summed E-state index contributed by atoms with van der Waals surface area (Å²) in [6, 6.07) is 9.33. The highest BCUT2D eigenvalue weighted by atomic mass is 32.2. The van der Waals surface area contributed by atoms with E-state index in [-0.39, 0.29) is 11.7 Å². The first kappa shape index (κ1) is 17.4. The Hall–Kier alpha value is -2.45. The summed E-state index contributed by atoms with van der Waals surface area (Å²) in [5, 5.41) is 6.40. The second-order valence-electron chi connectivity index (χ2n) is 5.39. The predicted octanol–water partition coefficient (Wildman–Crippen LogP) is 3.53. The summed E-state index contributed by atoms with van der Waals surface area (Å²) in [4.78, 5) is 25.0. The lowest BCUT2D eigenvalue weighted by atomic mass is 10.1. The van der Waals surface area contributed by atoms with E-state index < -0.39 is 0 Å². The third-order valence-corrected chi connectivity index (χ3v) is 4.87. The van der Waals surface area contributed by atoms with Crippen molar-refractivity contribution in [3.8, 4) is 11.3 Å². The van der Waals surface area contributed by atoms with Gasteiger partial charge in [-0.2, -0.15) is 0 Å². The maximum Gasteiger partial charge on any atom is 0.234 e. The van der Waals surface area contributed by atoms with Crippen LogP contribution in [0.2, 0.25) is 0 Å². The van der Waals surface area contributed by atoms with Gasteiger partial charge in [-0.15, -0.1) is 11.3 Å². The highest BCUT2D eigenvalue weighted by Crippen LogP contribution is 2.24. The van der Waals surface area contributed by atoms with Crippen molar-refractivity contribution in [3.05, 3.63) is 46.4 Å². The lowest BCUT2D eigenvalue weighted by Gasteiger charge is -2.07. The highest BCUT2D eigenvalue weighted by molar-refractivity contribution is 7.99. The van der Waals surface area contributed by atoms with Crippen molar-refractivity contribution in [3.63, 3.8) is 0 Å². The first-order valence-electron chi connectivity index (χ1n) is 7.56. The first-order chi connectivity index (χ1) is 12.0. The molecule has 8 heteroatoms. The standard InChI is InChI=1S/C17H17N5OS2/c1-10-6-15(18)22-17(19-10)25-9-16(23)21-13-5-3-4-12(7-13)14-8-24-11(2)20-14/h3-8H,9H2,1-2H3,(H,21,23)(H2,18,19,22). The fourth-order valence-electron chi connectivity index (χ4n) is 2.21. The fourth-order valence-corrected chi connectivity index (χ4v) is 3.54. The minimum Gasteiger partial charge on any atom is -0.384 e. The summed E-state index contributed by atoms with van der Waals surface area (Å²) in [7, 11) is 0. The van der Waals surface area contributed by atoms with E-state index in [0.717, 1.165) is 27.6 Å². The molecule has 0 spiro atoms. The summed E-state index contributed by atoms with van der Waals surface area (Å²) in [6.07, 6.45) is 0. The zero-order valence-electron chi connectivity index (χ0n) is 13.8. The van der Waals surface area contributed by atoms with Crippen LogP contribution >= 0.6 is 23.1 Å². The van der Waals surface area contributed by atoms with Crippen molar-refractivity contribution in [1.82, 2.24) is 15.0 Å². The van der Waals surface area contributed by atoms with Crippen LogP contribution in [0.15, 0.2) is 40.9 Å². The predicted molar refractivity (Wildman–Crippen MR) is 103 cm³/mol. The van der Waals surface area contributed by atoms with Gasteiger partial charge >= 0.3 is 0 Å². The van der Waals surface area contributed by atoms with Crippen LogP contribution in [0.3, 0.4) is 0 Å². The molecule has 0 unspecified atom stereocenters. The number of nitrogen functional groups attached to an aromatic ring is 1. The van der Waals surface area contributed by atoms with Gasteiger partial charge in [-0.25, -0.2) is 15.0 Å². The number of nitrogens with two attached hydrogens (primary N) is 1. The van der Waals surface area contributed by atoms with Gasteiger partial charge in [0, 0.05) is 28.4 Å². The van der Waals surface area contributed by atoms with Crippen LogP contribution < -0.4 is 11.1 Å². The molecule has 0 radical (unpaired) electrons. The molecule has 0 aliphatic heterocycles. The molecule has 3 aromatic rings. The van der Waals surface area contributed by atoms with Gasteiger partial charge in [-0.3, -0.25) is 4.79 Å². The number of amides is 1. The largest absolute Gasteiger partial charge is 0.384 e. The number of nitrogens with one attached hydrogen (secondary N) is 1. The number of carbonyl (C=O) groups excluding carboxylic acids is 1. The average molecular weight is 371 g/mol. The molecule has 0 saturated carbocycles. The number of hydrogen-bond acceptors (Lipinski definition) is 7. The summed E-state index contributed by atoms with van der Waals surface area (Å²) in [6.45, 7) is 3.81. The smallest absolute Gasteiger partial charge is 0.234 e. The number of nitrogens with zero attached hydrogens (tertiary/aromatic N) is 3. The third-order valence-electron chi connectivity index (χ3n) is 3.25. The second-order valence-corrected chi connectivity index (χ2v) is 7.39. The molecule has 0 aliphatic rings. The molecule has 3 rings (SSSR count). The number of anilines is 2. The highest BCUT2D eigenvalue weighted by Gasteiger charge is 2.08. The SMILES string of the molecule is Cc1cc(N)nc(SCC(=O)Nc2cccc(-c3csc(C)n3)c2)n1. The molecule has 0 atom stereocenters. The van der Waals surface area contributed by atoms with E-state index in [9.17, 15) is 4.79 Å². The minimum absolute atomic E-state index is 0.125. The summed E-state index contributed by atoms with van der Waals surface area (Å²) in [5.41, 5.74) is 9.10. The molecule has 0 bridgehead atoms. The Morgan fingerprint density at radius 3 is 2.80 bits per heavy atom. The minimum atomic E-state index is -0.125. The lowest BCUT2D eigenvalue weighted by molar-refractivity contribution is -0.113. The van der Waals surface area contributed by atoms with Gasteiger partial charge < -0.3 is 11.1 Å². The number of thiazole rings is 1. The second kappa shape index (κ2) is 7.62.